The first kappa shape index (κ1) is 19.3. The molecule has 1 heterocycles. The summed E-state index contributed by atoms with van der Waals surface area (Å²) in [5, 5.41) is 5.28. The Morgan fingerprint density at radius 2 is 2.04 bits per heavy atom. The molecule has 6 nitrogen and oxygen atoms in total. The summed E-state index contributed by atoms with van der Waals surface area (Å²) >= 11 is 7.18. The Bertz CT molecular complexity index is 890. The molecule has 2 N–H and O–H groups in total. The minimum Gasteiger partial charge on any atom is -0.452 e. The normalized spacial score (nSPS) is 16.7. The van der Waals surface area contributed by atoms with Crippen molar-refractivity contribution in [3.8, 4) is 0 Å². The van der Waals surface area contributed by atoms with Gasteiger partial charge in [0.1, 0.15) is 0 Å². The summed E-state index contributed by atoms with van der Waals surface area (Å²) in [6, 6.07) is 14.0. The standard InChI is InChI=1S/C19H17ClN2O4S/c1-11(18(24)21-13-6-4-5-12(20)9-13)26-17(23)10-16-19(25)22-14-7-2-3-8-15(14)27-16/h2-9,11,16H,10H2,1H3,(H,21,24)(H,22,25)/t11-,16-/m1/s1. The molecule has 8 heteroatoms. The number of halogens is 1. The highest BCUT2D eigenvalue weighted by molar-refractivity contribution is 8.01. The van der Waals surface area contributed by atoms with Gasteiger partial charge in [-0.15, -0.1) is 11.8 Å². The van der Waals surface area contributed by atoms with Crippen LogP contribution in [0, 0.1) is 0 Å². The molecule has 0 spiro atoms. The fourth-order valence-corrected chi connectivity index (χ4v) is 3.77. The van der Waals surface area contributed by atoms with Gasteiger partial charge in [-0.3, -0.25) is 14.4 Å². The molecule has 0 aromatic heterocycles. The summed E-state index contributed by atoms with van der Waals surface area (Å²) in [6.45, 7) is 1.47. The summed E-state index contributed by atoms with van der Waals surface area (Å²) in [5.41, 5.74) is 1.24. The van der Waals surface area contributed by atoms with Gasteiger partial charge in [-0.05, 0) is 37.3 Å². The lowest BCUT2D eigenvalue weighted by molar-refractivity contribution is -0.153. The molecule has 3 rings (SSSR count). The second-order valence-corrected chi connectivity index (χ2v) is 7.61. The molecule has 2 atom stereocenters. The monoisotopic (exact) mass is 404 g/mol. The smallest absolute Gasteiger partial charge is 0.308 e. The van der Waals surface area contributed by atoms with Crippen LogP contribution in [-0.2, 0) is 19.1 Å². The molecule has 2 aromatic carbocycles. The van der Waals surface area contributed by atoms with Crippen LogP contribution < -0.4 is 10.6 Å². The van der Waals surface area contributed by atoms with Crippen molar-refractivity contribution in [2.24, 2.45) is 0 Å². The number of anilines is 2. The lowest BCUT2D eigenvalue weighted by Gasteiger charge is -2.23. The zero-order valence-corrected chi connectivity index (χ0v) is 16.0. The molecule has 2 aromatic rings. The molecular weight excluding hydrogens is 388 g/mol. The Labute approximate surface area is 165 Å². The van der Waals surface area contributed by atoms with Crippen LogP contribution in [0.5, 0.6) is 0 Å². The van der Waals surface area contributed by atoms with Gasteiger partial charge in [0.05, 0.1) is 17.4 Å². The SMILES string of the molecule is C[C@@H](OC(=O)C[C@H]1Sc2ccccc2NC1=O)C(=O)Nc1cccc(Cl)c1. The van der Waals surface area contributed by atoms with E-state index in [1.807, 2.05) is 18.2 Å². The predicted molar refractivity (Wildman–Crippen MR) is 105 cm³/mol. The van der Waals surface area contributed by atoms with E-state index in [1.165, 1.54) is 18.7 Å². The maximum absolute atomic E-state index is 12.2. The predicted octanol–water partition coefficient (Wildman–Crippen LogP) is 3.71. The van der Waals surface area contributed by atoms with Gasteiger partial charge < -0.3 is 15.4 Å². The Balaban J connectivity index is 1.54. The molecule has 2 amide bonds. The Morgan fingerprint density at radius 3 is 2.81 bits per heavy atom. The van der Waals surface area contributed by atoms with Crippen molar-refractivity contribution >= 4 is 52.5 Å². The molecule has 0 bridgehead atoms. The number of hydrogen-bond acceptors (Lipinski definition) is 5. The second kappa shape index (κ2) is 8.45. The van der Waals surface area contributed by atoms with Gasteiger partial charge >= 0.3 is 5.97 Å². The Hall–Kier alpha value is -2.51. The molecular formula is C19H17ClN2O4S. The van der Waals surface area contributed by atoms with E-state index < -0.39 is 23.2 Å². The molecule has 140 valence electrons. The fraction of sp³-hybridized carbons (Fsp3) is 0.211. The Kier molecular flexibility index (Phi) is 6.03. The summed E-state index contributed by atoms with van der Waals surface area (Å²) in [6.07, 6.45) is -1.12. The third-order valence-electron chi connectivity index (χ3n) is 3.83. The van der Waals surface area contributed by atoms with E-state index in [9.17, 15) is 14.4 Å². The van der Waals surface area contributed by atoms with E-state index in [4.69, 9.17) is 16.3 Å². The summed E-state index contributed by atoms with van der Waals surface area (Å²) < 4.78 is 5.18. The lowest BCUT2D eigenvalue weighted by atomic mass is 10.2. The van der Waals surface area contributed by atoms with Crippen molar-refractivity contribution in [1.82, 2.24) is 0 Å². The second-order valence-electron chi connectivity index (χ2n) is 5.93. The summed E-state index contributed by atoms with van der Waals surface area (Å²) in [5.74, 6) is -1.35. The summed E-state index contributed by atoms with van der Waals surface area (Å²) in [4.78, 5) is 37.4. The van der Waals surface area contributed by atoms with Crippen LogP contribution in [0.25, 0.3) is 0 Å². The maximum Gasteiger partial charge on any atom is 0.308 e. The van der Waals surface area contributed by atoms with Crippen molar-refractivity contribution in [3.05, 3.63) is 53.6 Å². The highest BCUT2D eigenvalue weighted by atomic mass is 35.5. The molecule has 1 aliphatic rings. The number of esters is 1. The number of hydrogen-bond donors (Lipinski definition) is 2. The molecule has 0 radical (unpaired) electrons. The number of amides is 2. The highest BCUT2D eigenvalue weighted by Crippen LogP contribution is 2.36. The van der Waals surface area contributed by atoms with Gasteiger partial charge in [0.15, 0.2) is 6.10 Å². The number of rotatable bonds is 5. The third kappa shape index (κ3) is 5.02. The zero-order chi connectivity index (χ0) is 19.4. The first-order valence-corrected chi connectivity index (χ1v) is 9.50. The van der Waals surface area contributed by atoms with Crippen molar-refractivity contribution in [3.63, 3.8) is 0 Å². The number of para-hydroxylation sites is 1. The number of benzene rings is 2. The zero-order valence-electron chi connectivity index (χ0n) is 14.4. The Morgan fingerprint density at radius 1 is 1.26 bits per heavy atom. The van der Waals surface area contributed by atoms with Crippen molar-refractivity contribution < 1.29 is 19.1 Å². The van der Waals surface area contributed by atoms with Crippen molar-refractivity contribution in [2.45, 2.75) is 29.6 Å². The van der Waals surface area contributed by atoms with E-state index in [1.54, 1.807) is 30.3 Å². The molecule has 0 fully saturated rings. The lowest BCUT2D eigenvalue weighted by Crippen LogP contribution is -2.34. The maximum atomic E-state index is 12.2. The van der Waals surface area contributed by atoms with Crippen LogP contribution in [0.2, 0.25) is 5.02 Å². The first-order valence-electron chi connectivity index (χ1n) is 8.25. The van der Waals surface area contributed by atoms with Gasteiger partial charge in [-0.2, -0.15) is 0 Å². The van der Waals surface area contributed by atoms with Gasteiger partial charge in [-0.1, -0.05) is 29.8 Å². The number of thioether (sulfide) groups is 1. The first-order chi connectivity index (χ1) is 12.9. The average molecular weight is 405 g/mol. The summed E-state index contributed by atoms with van der Waals surface area (Å²) in [7, 11) is 0. The number of fused-ring (bicyclic) bond motifs is 1. The van der Waals surface area contributed by atoms with Gasteiger partial charge in [0, 0.05) is 15.6 Å². The number of carbonyl (C=O) groups is 3. The molecule has 0 saturated heterocycles. The van der Waals surface area contributed by atoms with Crippen LogP contribution >= 0.6 is 23.4 Å². The largest absolute Gasteiger partial charge is 0.452 e. The molecule has 1 aliphatic heterocycles. The highest BCUT2D eigenvalue weighted by Gasteiger charge is 2.30. The van der Waals surface area contributed by atoms with E-state index in [2.05, 4.69) is 10.6 Å². The molecule has 0 aliphatic carbocycles. The number of carbonyl (C=O) groups excluding carboxylic acids is 3. The van der Waals surface area contributed by atoms with E-state index in [0.29, 0.717) is 10.7 Å². The number of nitrogens with one attached hydrogen (secondary N) is 2. The van der Waals surface area contributed by atoms with E-state index >= 15 is 0 Å². The van der Waals surface area contributed by atoms with Crippen LogP contribution in [0.4, 0.5) is 11.4 Å². The van der Waals surface area contributed by atoms with Crippen molar-refractivity contribution in [1.29, 1.82) is 0 Å². The molecule has 0 saturated carbocycles. The van der Waals surface area contributed by atoms with Gasteiger partial charge in [0.2, 0.25) is 5.91 Å². The van der Waals surface area contributed by atoms with Crippen molar-refractivity contribution in [2.75, 3.05) is 10.6 Å². The third-order valence-corrected chi connectivity index (χ3v) is 5.34. The minimum atomic E-state index is -1.000. The fourth-order valence-electron chi connectivity index (χ4n) is 2.49. The van der Waals surface area contributed by atoms with Crippen LogP contribution in [-0.4, -0.2) is 29.1 Å². The number of ether oxygens (including phenoxy) is 1. The minimum absolute atomic E-state index is 0.125. The molecule has 0 unspecified atom stereocenters. The van der Waals surface area contributed by atoms with E-state index in [0.717, 1.165) is 10.6 Å². The average Bonchev–Trinajstić information content (AvgIpc) is 2.62. The quantitative estimate of drug-likeness (QED) is 0.742. The van der Waals surface area contributed by atoms with Gasteiger partial charge in [-0.25, -0.2) is 0 Å². The molecule has 27 heavy (non-hydrogen) atoms. The van der Waals surface area contributed by atoms with E-state index in [-0.39, 0.29) is 12.3 Å². The van der Waals surface area contributed by atoms with Gasteiger partial charge in [0.25, 0.3) is 5.91 Å². The topological polar surface area (TPSA) is 84.5 Å². The van der Waals surface area contributed by atoms with Crippen LogP contribution in [0.1, 0.15) is 13.3 Å². The van der Waals surface area contributed by atoms with Crippen LogP contribution in [0.3, 0.4) is 0 Å². The van der Waals surface area contributed by atoms with Crippen LogP contribution in [0.15, 0.2) is 53.4 Å².